The van der Waals surface area contributed by atoms with Crippen LogP contribution in [0.4, 0.5) is 0 Å². The fraction of sp³-hybridized carbons (Fsp3) is 0.714. The van der Waals surface area contributed by atoms with Crippen LogP contribution in [0, 0.1) is 12.3 Å². The molecule has 1 atom stereocenters. The number of Topliss-reactive ketones (excluding diaryl/α,β-unsaturated/α-hetero) is 1. The van der Waals surface area contributed by atoms with Crippen molar-refractivity contribution < 1.29 is 4.79 Å². The van der Waals surface area contributed by atoms with Gasteiger partial charge in [-0.1, -0.05) is 20.8 Å². The lowest BCUT2D eigenvalue weighted by Gasteiger charge is -2.01. The van der Waals surface area contributed by atoms with E-state index in [0.717, 1.165) is 0 Å². The van der Waals surface area contributed by atoms with Crippen LogP contribution in [0.15, 0.2) is 0 Å². The Bertz CT molecular complexity index is 76.5. The van der Waals surface area contributed by atoms with Crippen molar-refractivity contribution in [1.82, 2.24) is 0 Å². The number of ketones is 1. The van der Waals surface area contributed by atoms with Crippen molar-refractivity contribution in [2.24, 2.45) is 5.92 Å². The zero-order valence-corrected chi connectivity index (χ0v) is 5.77. The molecule has 0 rings (SSSR count). The highest BCUT2D eigenvalue weighted by Crippen LogP contribution is 2.02. The Morgan fingerprint density at radius 1 is 1.75 bits per heavy atom. The third-order valence-corrected chi connectivity index (χ3v) is 1.36. The quantitative estimate of drug-likeness (QED) is 0.545. The molecule has 0 amide bonds. The van der Waals surface area contributed by atoms with Crippen LogP contribution in [0.1, 0.15) is 27.2 Å². The largest absolute Gasteiger partial charge is 0.299 e. The maximum absolute atomic E-state index is 10.7. The van der Waals surface area contributed by atoms with Gasteiger partial charge in [0.05, 0.1) is 0 Å². The van der Waals surface area contributed by atoms with Gasteiger partial charge in [-0.25, -0.2) is 0 Å². The predicted molar refractivity (Wildman–Crippen MR) is 34.4 cm³/mol. The fourth-order valence-electron chi connectivity index (χ4n) is 0.508. The normalized spacial score (nSPS) is 13.4. The summed E-state index contributed by atoms with van der Waals surface area (Å²) in [6.45, 7) is 5.73. The van der Waals surface area contributed by atoms with Crippen molar-refractivity contribution in [1.29, 1.82) is 0 Å². The number of rotatable bonds is 3. The van der Waals surface area contributed by atoms with Crippen LogP contribution in [0.25, 0.3) is 0 Å². The van der Waals surface area contributed by atoms with Crippen LogP contribution in [0.3, 0.4) is 0 Å². The van der Waals surface area contributed by atoms with Gasteiger partial charge in [-0.05, 0) is 6.42 Å². The van der Waals surface area contributed by atoms with Gasteiger partial charge in [0, 0.05) is 12.3 Å². The molecule has 0 heterocycles. The predicted octanol–water partition coefficient (Wildman–Crippen LogP) is 1.83. The van der Waals surface area contributed by atoms with Crippen molar-refractivity contribution in [3.8, 4) is 0 Å². The molecular weight excluding hydrogens is 100 g/mol. The Labute approximate surface area is 51.1 Å². The van der Waals surface area contributed by atoms with Gasteiger partial charge in [-0.3, -0.25) is 4.79 Å². The minimum absolute atomic E-state index is 0.153. The van der Waals surface area contributed by atoms with E-state index in [1.54, 1.807) is 0 Å². The van der Waals surface area contributed by atoms with Crippen molar-refractivity contribution in [2.45, 2.75) is 27.2 Å². The number of hydrogen-bond donors (Lipinski definition) is 0. The van der Waals surface area contributed by atoms with Gasteiger partial charge < -0.3 is 0 Å². The lowest BCUT2D eigenvalue weighted by atomic mass is 10.0. The average Bonchev–Trinajstić information content (AvgIpc) is 1.84. The first kappa shape index (κ1) is 7.67. The van der Waals surface area contributed by atoms with E-state index < -0.39 is 0 Å². The molecule has 0 bridgehead atoms. The van der Waals surface area contributed by atoms with Crippen LogP contribution in [0.5, 0.6) is 0 Å². The smallest absolute Gasteiger partial charge is 0.135 e. The Hall–Kier alpha value is -0.330. The van der Waals surface area contributed by atoms with E-state index in [4.69, 9.17) is 0 Å². The molecule has 0 aromatic carbocycles. The monoisotopic (exact) mass is 113 g/mol. The van der Waals surface area contributed by atoms with Crippen LogP contribution in [0.2, 0.25) is 0 Å². The lowest BCUT2D eigenvalue weighted by Crippen LogP contribution is -2.07. The molecule has 0 N–H and O–H groups in total. The van der Waals surface area contributed by atoms with Crippen LogP contribution in [-0.2, 0) is 4.79 Å². The van der Waals surface area contributed by atoms with Gasteiger partial charge in [-0.2, -0.15) is 0 Å². The Morgan fingerprint density at radius 3 is 2.38 bits per heavy atom. The van der Waals surface area contributed by atoms with Crippen molar-refractivity contribution in [3.05, 3.63) is 6.42 Å². The second-order valence-corrected chi connectivity index (χ2v) is 1.94. The van der Waals surface area contributed by atoms with E-state index in [1.807, 2.05) is 27.2 Å². The van der Waals surface area contributed by atoms with Crippen LogP contribution in [-0.4, -0.2) is 5.78 Å². The zero-order chi connectivity index (χ0) is 6.57. The SMILES string of the molecule is C[CH]C(C)C(=O)CC. The molecule has 1 nitrogen and oxygen atoms in total. The third-order valence-electron chi connectivity index (χ3n) is 1.36. The minimum atomic E-state index is 0.153. The summed E-state index contributed by atoms with van der Waals surface area (Å²) in [7, 11) is 0. The maximum atomic E-state index is 10.7. The molecule has 0 aromatic rings. The molecule has 0 fully saturated rings. The third kappa shape index (κ3) is 2.10. The topological polar surface area (TPSA) is 17.1 Å². The molecule has 1 heteroatoms. The van der Waals surface area contributed by atoms with Crippen molar-refractivity contribution in [3.63, 3.8) is 0 Å². The molecule has 0 aromatic heterocycles. The Balaban J connectivity index is 3.46. The average molecular weight is 113 g/mol. The zero-order valence-electron chi connectivity index (χ0n) is 5.77. The maximum Gasteiger partial charge on any atom is 0.135 e. The highest BCUT2D eigenvalue weighted by molar-refractivity contribution is 5.81. The highest BCUT2D eigenvalue weighted by atomic mass is 16.1. The van der Waals surface area contributed by atoms with E-state index in [2.05, 4.69) is 0 Å². The summed E-state index contributed by atoms with van der Waals surface area (Å²) >= 11 is 0. The first-order chi connectivity index (χ1) is 3.72. The standard InChI is InChI=1S/C7H13O/c1-4-6(3)7(8)5-2/h4,6H,5H2,1-3H3. The van der Waals surface area contributed by atoms with Gasteiger partial charge in [0.15, 0.2) is 0 Å². The molecule has 0 aliphatic heterocycles. The first-order valence-corrected chi connectivity index (χ1v) is 3.04. The lowest BCUT2D eigenvalue weighted by molar-refractivity contribution is -0.121. The summed E-state index contributed by atoms with van der Waals surface area (Å²) in [5, 5.41) is 0. The van der Waals surface area contributed by atoms with Crippen molar-refractivity contribution >= 4 is 5.78 Å². The van der Waals surface area contributed by atoms with Gasteiger partial charge in [0.25, 0.3) is 0 Å². The van der Waals surface area contributed by atoms with Gasteiger partial charge in [0.2, 0.25) is 0 Å². The number of carbonyl (C=O) groups excluding carboxylic acids is 1. The van der Waals surface area contributed by atoms with E-state index in [9.17, 15) is 4.79 Å². The molecular formula is C7H13O. The van der Waals surface area contributed by atoms with Gasteiger partial charge in [-0.15, -0.1) is 0 Å². The summed E-state index contributed by atoms with van der Waals surface area (Å²) in [6, 6.07) is 0. The summed E-state index contributed by atoms with van der Waals surface area (Å²) in [5.41, 5.74) is 0. The summed E-state index contributed by atoms with van der Waals surface area (Å²) in [6.07, 6.45) is 2.58. The molecule has 0 saturated carbocycles. The molecule has 0 spiro atoms. The Kier molecular flexibility index (Phi) is 3.49. The molecule has 0 aliphatic rings. The first-order valence-electron chi connectivity index (χ1n) is 3.04. The molecule has 8 heavy (non-hydrogen) atoms. The van der Waals surface area contributed by atoms with E-state index in [-0.39, 0.29) is 5.92 Å². The van der Waals surface area contributed by atoms with Crippen LogP contribution < -0.4 is 0 Å². The second-order valence-electron chi connectivity index (χ2n) is 1.94. The summed E-state index contributed by atoms with van der Waals surface area (Å²) in [5.74, 6) is 0.479. The highest BCUT2D eigenvalue weighted by Gasteiger charge is 2.05. The van der Waals surface area contributed by atoms with Gasteiger partial charge in [0.1, 0.15) is 5.78 Å². The second kappa shape index (κ2) is 3.65. The number of hydrogen-bond acceptors (Lipinski definition) is 1. The molecule has 47 valence electrons. The van der Waals surface area contributed by atoms with Crippen molar-refractivity contribution in [2.75, 3.05) is 0 Å². The van der Waals surface area contributed by atoms with Crippen LogP contribution >= 0.6 is 0 Å². The van der Waals surface area contributed by atoms with E-state index in [0.29, 0.717) is 12.2 Å². The molecule has 0 saturated heterocycles. The van der Waals surface area contributed by atoms with E-state index in [1.165, 1.54) is 0 Å². The molecule has 1 unspecified atom stereocenters. The number of carbonyl (C=O) groups is 1. The Morgan fingerprint density at radius 2 is 2.25 bits per heavy atom. The van der Waals surface area contributed by atoms with E-state index >= 15 is 0 Å². The fourth-order valence-corrected chi connectivity index (χ4v) is 0.508. The molecule has 0 aliphatic carbocycles. The van der Waals surface area contributed by atoms with Gasteiger partial charge >= 0.3 is 0 Å². The summed E-state index contributed by atoms with van der Waals surface area (Å²) < 4.78 is 0. The molecule has 1 radical (unpaired) electrons. The minimum Gasteiger partial charge on any atom is -0.299 e. The summed E-state index contributed by atoms with van der Waals surface area (Å²) in [4.78, 5) is 10.7.